The predicted molar refractivity (Wildman–Crippen MR) is 114 cm³/mol. The van der Waals surface area contributed by atoms with Gasteiger partial charge in [0.05, 0.1) is 0 Å². The Kier molecular flexibility index (Phi) is 8.52. The normalized spacial score (nSPS) is 11.9. The molecule has 0 saturated carbocycles. The minimum atomic E-state index is -0.581. The monoisotopic (exact) mass is 400 g/mol. The van der Waals surface area contributed by atoms with Crippen molar-refractivity contribution in [2.75, 3.05) is 0 Å². The molecule has 28 heavy (non-hydrogen) atoms. The van der Waals surface area contributed by atoms with Crippen molar-refractivity contribution < 1.29 is 9.59 Å². The smallest absolute Gasteiger partial charge is 0.243 e. The fourth-order valence-corrected chi connectivity index (χ4v) is 3.34. The van der Waals surface area contributed by atoms with Crippen molar-refractivity contribution in [3.8, 4) is 0 Å². The molecule has 0 fully saturated rings. The summed E-state index contributed by atoms with van der Waals surface area (Å²) in [5, 5.41) is 3.60. The number of hydrogen-bond donors (Lipinski definition) is 1. The lowest BCUT2D eigenvalue weighted by Crippen LogP contribution is -2.51. The van der Waals surface area contributed by atoms with Crippen LogP contribution in [0.2, 0.25) is 5.02 Å². The van der Waals surface area contributed by atoms with Gasteiger partial charge in [-0.05, 0) is 43.5 Å². The largest absolute Gasteiger partial charge is 0.352 e. The first kappa shape index (κ1) is 22.0. The van der Waals surface area contributed by atoms with Crippen molar-refractivity contribution in [3.05, 3.63) is 70.7 Å². The van der Waals surface area contributed by atoms with Crippen LogP contribution in [-0.4, -0.2) is 28.8 Å². The quantitative estimate of drug-likeness (QED) is 0.668. The molecule has 0 saturated heterocycles. The van der Waals surface area contributed by atoms with Crippen LogP contribution in [0.5, 0.6) is 0 Å². The highest BCUT2D eigenvalue weighted by molar-refractivity contribution is 6.30. The highest BCUT2D eigenvalue weighted by Crippen LogP contribution is 2.18. The molecule has 5 heteroatoms. The molecule has 2 aromatic carbocycles. The highest BCUT2D eigenvalue weighted by Gasteiger charge is 2.30. The van der Waals surface area contributed by atoms with E-state index in [1.165, 1.54) is 0 Å². The van der Waals surface area contributed by atoms with Crippen LogP contribution >= 0.6 is 11.6 Å². The molecule has 0 heterocycles. The summed E-state index contributed by atoms with van der Waals surface area (Å²) in [5.41, 5.74) is 1.93. The maximum absolute atomic E-state index is 13.0. The van der Waals surface area contributed by atoms with Crippen molar-refractivity contribution in [3.63, 3.8) is 0 Å². The molecular weight excluding hydrogens is 372 g/mol. The highest BCUT2D eigenvalue weighted by atomic mass is 35.5. The molecule has 0 bridgehead atoms. The Morgan fingerprint density at radius 1 is 1.04 bits per heavy atom. The van der Waals surface area contributed by atoms with Crippen LogP contribution < -0.4 is 5.32 Å². The average molecular weight is 401 g/mol. The van der Waals surface area contributed by atoms with E-state index in [9.17, 15) is 9.59 Å². The lowest BCUT2D eigenvalue weighted by Gasteiger charge is -2.32. The van der Waals surface area contributed by atoms with Gasteiger partial charge >= 0.3 is 0 Å². The van der Waals surface area contributed by atoms with Crippen molar-refractivity contribution in [1.82, 2.24) is 10.2 Å². The van der Waals surface area contributed by atoms with Crippen molar-refractivity contribution in [2.45, 2.75) is 58.7 Å². The molecule has 0 unspecified atom stereocenters. The van der Waals surface area contributed by atoms with Crippen molar-refractivity contribution in [2.24, 2.45) is 0 Å². The van der Waals surface area contributed by atoms with E-state index in [2.05, 4.69) is 5.32 Å². The lowest BCUT2D eigenvalue weighted by atomic mass is 10.0. The van der Waals surface area contributed by atoms with Crippen LogP contribution in [0.3, 0.4) is 0 Å². The molecule has 0 aromatic heterocycles. The summed E-state index contributed by atoms with van der Waals surface area (Å²) < 4.78 is 0. The van der Waals surface area contributed by atoms with Gasteiger partial charge in [-0.2, -0.15) is 0 Å². The minimum absolute atomic E-state index is 0.0000651. The third kappa shape index (κ3) is 6.68. The number of rotatable bonds is 9. The number of nitrogens with zero attached hydrogens (tertiary/aromatic N) is 1. The molecule has 2 amide bonds. The number of halogens is 1. The molecule has 0 spiro atoms. The molecule has 150 valence electrons. The van der Waals surface area contributed by atoms with E-state index in [-0.39, 0.29) is 17.9 Å². The number of nitrogens with one attached hydrogen (secondary N) is 1. The molecular formula is C23H29ClN2O2. The zero-order valence-corrected chi connectivity index (χ0v) is 17.6. The van der Waals surface area contributed by atoms with E-state index < -0.39 is 6.04 Å². The molecule has 0 aliphatic rings. The molecule has 2 rings (SSSR count). The number of amides is 2. The predicted octanol–water partition coefficient (Wildman–Crippen LogP) is 4.60. The topological polar surface area (TPSA) is 49.4 Å². The Morgan fingerprint density at radius 3 is 2.32 bits per heavy atom. The van der Waals surface area contributed by atoms with Gasteiger partial charge in [0, 0.05) is 30.5 Å². The average Bonchev–Trinajstić information content (AvgIpc) is 2.65. The summed E-state index contributed by atoms with van der Waals surface area (Å²) in [7, 11) is 0. The molecule has 0 aliphatic carbocycles. The molecule has 2 aromatic rings. The summed E-state index contributed by atoms with van der Waals surface area (Å²) in [6.07, 6.45) is 1.60. The molecule has 1 atom stereocenters. The zero-order valence-electron chi connectivity index (χ0n) is 16.8. The van der Waals surface area contributed by atoms with E-state index in [1.807, 2.05) is 69.3 Å². The van der Waals surface area contributed by atoms with Crippen LogP contribution in [0.4, 0.5) is 0 Å². The first-order chi connectivity index (χ1) is 13.4. The zero-order chi connectivity index (χ0) is 20.5. The van der Waals surface area contributed by atoms with Crippen LogP contribution in [0.25, 0.3) is 0 Å². The van der Waals surface area contributed by atoms with Gasteiger partial charge in [-0.3, -0.25) is 9.59 Å². The summed E-state index contributed by atoms with van der Waals surface area (Å²) in [5.74, 6) is -0.160. The SMILES string of the molecule is CCCC(=O)N(Cc1cccc(Cl)c1)[C@H](Cc1ccccc1)C(=O)NC(C)C. The summed E-state index contributed by atoms with van der Waals surface area (Å²) in [6.45, 7) is 6.16. The molecule has 0 aliphatic heterocycles. The Balaban J connectivity index is 2.37. The summed E-state index contributed by atoms with van der Waals surface area (Å²) >= 11 is 6.13. The number of benzene rings is 2. The number of carbonyl (C=O) groups is 2. The Morgan fingerprint density at radius 2 is 1.71 bits per heavy atom. The van der Waals surface area contributed by atoms with Crippen LogP contribution in [0.15, 0.2) is 54.6 Å². The van der Waals surface area contributed by atoms with Crippen LogP contribution in [0, 0.1) is 0 Å². The Bertz CT molecular complexity index is 777. The maximum Gasteiger partial charge on any atom is 0.243 e. The van der Waals surface area contributed by atoms with Gasteiger partial charge in [0.1, 0.15) is 6.04 Å². The third-order valence-electron chi connectivity index (χ3n) is 4.41. The van der Waals surface area contributed by atoms with Gasteiger partial charge in [0.15, 0.2) is 0 Å². The van der Waals surface area contributed by atoms with Crippen molar-refractivity contribution in [1.29, 1.82) is 0 Å². The second-order valence-electron chi connectivity index (χ2n) is 7.27. The van der Waals surface area contributed by atoms with E-state index >= 15 is 0 Å². The lowest BCUT2D eigenvalue weighted by molar-refractivity contribution is -0.141. The summed E-state index contributed by atoms with van der Waals surface area (Å²) in [4.78, 5) is 27.7. The standard InChI is InChI=1S/C23H29ClN2O2/c1-4-9-22(27)26(16-19-12-8-13-20(24)14-19)21(23(28)25-17(2)3)15-18-10-6-5-7-11-18/h5-8,10-14,17,21H,4,9,15-16H2,1-3H3,(H,25,28)/t21-/m1/s1. The van der Waals surface area contributed by atoms with Gasteiger partial charge in [-0.15, -0.1) is 0 Å². The van der Waals surface area contributed by atoms with Gasteiger partial charge in [0.25, 0.3) is 0 Å². The Hall–Kier alpha value is -2.33. The fourth-order valence-electron chi connectivity index (χ4n) is 3.12. The summed E-state index contributed by atoms with van der Waals surface area (Å²) in [6, 6.07) is 16.7. The van der Waals surface area contributed by atoms with Gasteiger partial charge < -0.3 is 10.2 Å². The molecule has 0 radical (unpaired) electrons. The second-order valence-corrected chi connectivity index (χ2v) is 7.71. The fraction of sp³-hybridized carbons (Fsp3) is 0.391. The van der Waals surface area contributed by atoms with E-state index in [0.29, 0.717) is 24.4 Å². The van der Waals surface area contributed by atoms with E-state index in [4.69, 9.17) is 11.6 Å². The Labute approximate surface area is 172 Å². The van der Waals surface area contributed by atoms with Gasteiger partial charge in [-0.1, -0.05) is 61.0 Å². The maximum atomic E-state index is 13.0. The second kappa shape index (κ2) is 10.9. The van der Waals surface area contributed by atoms with E-state index in [0.717, 1.165) is 17.5 Å². The minimum Gasteiger partial charge on any atom is -0.352 e. The third-order valence-corrected chi connectivity index (χ3v) is 4.64. The first-order valence-corrected chi connectivity index (χ1v) is 10.2. The molecule has 4 nitrogen and oxygen atoms in total. The van der Waals surface area contributed by atoms with Crippen LogP contribution in [-0.2, 0) is 22.6 Å². The van der Waals surface area contributed by atoms with Gasteiger partial charge in [0.2, 0.25) is 11.8 Å². The van der Waals surface area contributed by atoms with Gasteiger partial charge in [-0.25, -0.2) is 0 Å². The first-order valence-electron chi connectivity index (χ1n) is 9.79. The van der Waals surface area contributed by atoms with Crippen LogP contribution in [0.1, 0.15) is 44.7 Å². The number of carbonyl (C=O) groups excluding carboxylic acids is 2. The number of hydrogen-bond acceptors (Lipinski definition) is 2. The van der Waals surface area contributed by atoms with Crippen molar-refractivity contribution >= 4 is 23.4 Å². The molecule has 1 N–H and O–H groups in total. The van der Waals surface area contributed by atoms with E-state index in [1.54, 1.807) is 11.0 Å².